The quantitative estimate of drug-likeness (QED) is 0.235. The predicted octanol–water partition coefficient (Wildman–Crippen LogP) is 9.07. The molecule has 0 aromatic heterocycles. The van der Waals surface area contributed by atoms with Crippen molar-refractivity contribution in [2.24, 2.45) is 0 Å². The summed E-state index contributed by atoms with van der Waals surface area (Å²) in [6.45, 7) is 0. The number of hydrogen-bond donors (Lipinski definition) is 1. The average molecular weight is 466 g/mol. The maximum Gasteiger partial charge on any atom is 0.0754 e. The molecule has 1 aliphatic heterocycles. The Hall–Kier alpha value is -4.07. The van der Waals surface area contributed by atoms with Crippen molar-refractivity contribution in [3.05, 3.63) is 143 Å². The van der Waals surface area contributed by atoms with Crippen molar-refractivity contribution in [2.45, 2.75) is 5.41 Å². The molecule has 1 aliphatic carbocycles. The van der Waals surface area contributed by atoms with Crippen LogP contribution in [-0.2, 0) is 5.41 Å². The van der Waals surface area contributed by atoms with Gasteiger partial charge < -0.3 is 5.32 Å². The number of nitrogens with one attached hydrogen (secondary N) is 1. The summed E-state index contributed by atoms with van der Waals surface area (Å²) < 4.78 is 0. The minimum Gasteiger partial charge on any atom is -0.354 e. The van der Waals surface area contributed by atoms with Gasteiger partial charge in [-0.1, -0.05) is 115 Å². The van der Waals surface area contributed by atoms with Crippen LogP contribution in [0.15, 0.2) is 115 Å². The molecule has 0 bridgehead atoms. The summed E-state index contributed by atoms with van der Waals surface area (Å²) in [5, 5.41) is 9.64. The first kappa shape index (κ1) is 19.3. The van der Waals surface area contributed by atoms with Gasteiger partial charge in [0.25, 0.3) is 0 Å². The number of halogens is 1. The third kappa shape index (κ3) is 2.34. The smallest absolute Gasteiger partial charge is 0.0754 e. The maximum atomic E-state index is 6.56. The minimum atomic E-state index is -0.430. The summed E-state index contributed by atoms with van der Waals surface area (Å²) in [5.41, 5.74) is 9.58. The molecule has 6 aromatic rings. The van der Waals surface area contributed by atoms with E-state index in [-0.39, 0.29) is 0 Å². The van der Waals surface area contributed by atoms with Gasteiger partial charge in [0.15, 0.2) is 0 Å². The SMILES string of the molecule is Clc1ccc2c(c1)-c1ccccc1C21c2ccc3ccccc3c2Nc2c1ccc1ccccc21. The van der Waals surface area contributed by atoms with E-state index in [1.807, 2.05) is 6.07 Å². The summed E-state index contributed by atoms with van der Waals surface area (Å²) in [7, 11) is 0. The molecular formula is C33H20ClN. The highest BCUT2D eigenvalue weighted by Crippen LogP contribution is 2.62. The number of hydrogen-bond acceptors (Lipinski definition) is 1. The van der Waals surface area contributed by atoms with Gasteiger partial charge in [-0.25, -0.2) is 0 Å². The molecule has 0 fully saturated rings. The van der Waals surface area contributed by atoms with Crippen molar-refractivity contribution in [1.29, 1.82) is 0 Å². The van der Waals surface area contributed by atoms with Crippen molar-refractivity contribution < 1.29 is 0 Å². The van der Waals surface area contributed by atoms with E-state index in [0.29, 0.717) is 0 Å². The zero-order valence-corrected chi connectivity index (χ0v) is 19.6. The molecule has 0 atom stereocenters. The van der Waals surface area contributed by atoms with E-state index < -0.39 is 5.41 Å². The fourth-order valence-electron chi connectivity index (χ4n) is 6.54. The number of benzene rings is 6. The Kier molecular flexibility index (Phi) is 3.71. The molecule has 0 unspecified atom stereocenters. The standard InChI is InChI=1S/C33H20ClN/c34-22-15-18-28-26(19-22)25-11-5-6-12-27(25)33(28)29-16-13-20-7-1-3-9-23(20)31(29)35-32-24-10-4-2-8-21(24)14-17-30(32)33/h1-19,35H. The van der Waals surface area contributed by atoms with Crippen molar-refractivity contribution in [2.75, 3.05) is 5.32 Å². The van der Waals surface area contributed by atoms with Gasteiger partial charge in [-0.2, -0.15) is 0 Å². The van der Waals surface area contributed by atoms with E-state index in [0.717, 1.165) is 5.02 Å². The van der Waals surface area contributed by atoms with Crippen LogP contribution >= 0.6 is 11.6 Å². The Morgan fingerprint density at radius 3 is 1.71 bits per heavy atom. The summed E-state index contributed by atoms with van der Waals surface area (Å²) in [6, 6.07) is 41.7. The Morgan fingerprint density at radius 2 is 1.03 bits per heavy atom. The third-order valence-electron chi connectivity index (χ3n) is 7.92. The molecule has 2 aliphatic rings. The molecule has 0 saturated heterocycles. The first-order chi connectivity index (χ1) is 17.3. The normalized spacial score (nSPS) is 14.3. The lowest BCUT2D eigenvalue weighted by molar-refractivity contribution is 0.766. The van der Waals surface area contributed by atoms with Crippen molar-refractivity contribution >= 4 is 44.5 Å². The maximum absolute atomic E-state index is 6.56. The average Bonchev–Trinajstić information content (AvgIpc) is 3.19. The van der Waals surface area contributed by atoms with Gasteiger partial charge in [0.2, 0.25) is 0 Å². The topological polar surface area (TPSA) is 12.0 Å². The van der Waals surface area contributed by atoms with Crippen LogP contribution in [0.25, 0.3) is 32.7 Å². The zero-order valence-electron chi connectivity index (χ0n) is 18.8. The zero-order chi connectivity index (χ0) is 23.1. The molecule has 1 nitrogen and oxygen atoms in total. The third-order valence-corrected chi connectivity index (χ3v) is 8.16. The second-order valence-corrected chi connectivity index (χ2v) is 9.97. The molecule has 1 heterocycles. The van der Waals surface area contributed by atoms with Gasteiger partial charge in [-0.15, -0.1) is 0 Å². The molecule has 1 spiro atoms. The van der Waals surface area contributed by atoms with E-state index in [1.54, 1.807) is 0 Å². The molecule has 6 aromatic carbocycles. The molecule has 35 heavy (non-hydrogen) atoms. The van der Waals surface area contributed by atoms with Gasteiger partial charge >= 0.3 is 0 Å². The van der Waals surface area contributed by atoms with Crippen LogP contribution in [0, 0.1) is 0 Å². The largest absolute Gasteiger partial charge is 0.354 e. The molecule has 164 valence electrons. The van der Waals surface area contributed by atoms with Crippen molar-refractivity contribution in [3.8, 4) is 11.1 Å². The summed E-state index contributed by atoms with van der Waals surface area (Å²) in [6.07, 6.45) is 0. The first-order valence-corrected chi connectivity index (χ1v) is 12.4. The monoisotopic (exact) mass is 465 g/mol. The van der Waals surface area contributed by atoms with E-state index in [4.69, 9.17) is 11.6 Å². The van der Waals surface area contributed by atoms with Crippen LogP contribution in [0.5, 0.6) is 0 Å². The van der Waals surface area contributed by atoms with Gasteiger partial charge in [0.05, 0.1) is 16.8 Å². The molecule has 0 radical (unpaired) electrons. The Balaban J connectivity index is 1.63. The van der Waals surface area contributed by atoms with E-state index in [9.17, 15) is 0 Å². The summed E-state index contributed by atoms with van der Waals surface area (Å²) in [4.78, 5) is 0. The highest BCUT2D eigenvalue weighted by molar-refractivity contribution is 6.31. The van der Waals surface area contributed by atoms with Gasteiger partial charge in [-0.05, 0) is 56.3 Å². The molecule has 8 rings (SSSR count). The number of fused-ring (bicyclic) bond motifs is 13. The van der Waals surface area contributed by atoms with Crippen LogP contribution in [0.1, 0.15) is 22.3 Å². The lowest BCUT2D eigenvalue weighted by Crippen LogP contribution is -2.33. The van der Waals surface area contributed by atoms with Crippen molar-refractivity contribution in [3.63, 3.8) is 0 Å². The Labute approximate surface area is 208 Å². The first-order valence-electron chi connectivity index (χ1n) is 12.0. The van der Waals surface area contributed by atoms with Crippen LogP contribution in [0.4, 0.5) is 11.4 Å². The van der Waals surface area contributed by atoms with E-state index in [2.05, 4.69) is 115 Å². The Bertz CT molecular complexity index is 1760. The van der Waals surface area contributed by atoms with Crippen LogP contribution < -0.4 is 5.32 Å². The summed E-state index contributed by atoms with van der Waals surface area (Å²) >= 11 is 6.56. The van der Waals surface area contributed by atoms with Gasteiger partial charge in [-0.3, -0.25) is 0 Å². The van der Waals surface area contributed by atoms with Gasteiger partial charge in [0, 0.05) is 15.8 Å². The lowest BCUT2D eigenvalue weighted by atomic mass is 9.64. The fourth-order valence-corrected chi connectivity index (χ4v) is 6.72. The summed E-state index contributed by atoms with van der Waals surface area (Å²) in [5.74, 6) is 0. The molecule has 1 N–H and O–H groups in total. The molecule has 0 amide bonds. The lowest BCUT2D eigenvalue weighted by Gasteiger charge is -2.41. The van der Waals surface area contributed by atoms with Gasteiger partial charge in [0.1, 0.15) is 0 Å². The highest BCUT2D eigenvalue weighted by Gasteiger charge is 2.50. The van der Waals surface area contributed by atoms with Crippen molar-refractivity contribution in [1.82, 2.24) is 0 Å². The second kappa shape index (κ2) is 6.75. The Morgan fingerprint density at radius 1 is 0.486 bits per heavy atom. The van der Waals surface area contributed by atoms with E-state index in [1.165, 1.54) is 66.3 Å². The minimum absolute atomic E-state index is 0.430. The van der Waals surface area contributed by atoms with Crippen LogP contribution in [0.3, 0.4) is 0 Å². The predicted molar refractivity (Wildman–Crippen MR) is 147 cm³/mol. The molecular weight excluding hydrogens is 446 g/mol. The molecule has 0 saturated carbocycles. The van der Waals surface area contributed by atoms with Crippen LogP contribution in [0.2, 0.25) is 5.02 Å². The van der Waals surface area contributed by atoms with E-state index >= 15 is 0 Å². The van der Waals surface area contributed by atoms with Crippen LogP contribution in [-0.4, -0.2) is 0 Å². The highest BCUT2D eigenvalue weighted by atomic mass is 35.5. The fraction of sp³-hybridized carbons (Fsp3) is 0.0303. The number of anilines is 2. The number of rotatable bonds is 0. The molecule has 2 heteroatoms. The second-order valence-electron chi connectivity index (χ2n) is 9.53.